The highest BCUT2D eigenvalue weighted by Crippen LogP contribution is 2.39. The van der Waals surface area contributed by atoms with Crippen molar-refractivity contribution in [2.24, 2.45) is 0 Å². The molecule has 1 aromatic rings. The van der Waals surface area contributed by atoms with Gasteiger partial charge in [-0.2, -0.15) is 0 Å². The van der Waals surface area contributed by atoms with Crippen molar-refractivity contribution < 1.29 is 18.3 Å². The van der Waals surface area contributed by atoms with Gasteiger partial charge in [0, 0.05) is 6.07 Å². The number of hydrogen-bond donors (Lipinski definition) is 0. The quantitative estimate of drug-likeness (QED) is 0.618. The lowest BCUT2D eigenvalue weighted by molar-refractivity contribution is 0.112. The molecule has 0 heterocycles. The number of ether oxygens (including phenoxy) is 1. The second-order valence-corrected chi connectivity index (χ2v) is 10.7. The van der Waals surface area contributed by atoms with Crippen LogP contribution in [0.4, 0.5) is 4.39 Å². The zero-order valence-electron chi connectivity index (χ0n) is 12.3. The van der Waals surface area contributed by atoms with Crippen LogP contribution in [-0.4, -0.2) is 21.7 Å². The Balaban J connectivity index is 3.25. The van der Waals surface area contributed by atoms with Gasteiger partial charge >= 0.3 is 0 Å². The van der Waals surface area contributed by atoms with Gasteiger partial charge in [-0.05, 0) is 24.2 Å². The Morgan fingerprint density at radius 1 is 1.26 bits per heavy atom. The normalized spacial score (nSPS) is 12.2. The summed E-state index contributed by atoms with van der Waals surface area (Å²) in [4.78, 5) is 11.1. The predicted octanol–water partition coefficient (Wildman–Crippen LogP) is 4.03. The van der Waals surface area contributed by atoms with Crippen molar-refractivity contribution >= 4 is 14.6 Å². The highest BCUT2D eigenvalue weighted by Gasteiger charge is 2.40. The monoisotopic (exact) mass is 284 g/mol. The summed E-state index contributed by atoms with van der Waals surface area (Å²) in [6.45, 7) is 10.2. The van der Waals surface area contributed by atoms with E-state index in [2.05, 4.69) is 20.8 Å². The van der Waals surface area contributed by atoms with Gasteiger partial charge in [-0.1, -0.05) is 20.8 Å². The van der Waals surface area contributed by atoms with E-state index in [-0.39, 0.29) is 16.4 Å². The number of halogens is 1. The molecule has 0 amide bonds. The molecule has 0 bridgehead atoms. The molecular formula is C14H21FO3Si. The highest BCUT2D eigenvalue weighted by atomic mass is 28.4. The zero-order chi connectivity index (χ0) is 14.8. The lowest BCUT2D eigenvalue weighted by Crippen LogP contribution is -2.44. The van der Waals surface area contributed by atoms with Gasteiger partial charge < -0.3 is 9.16 Å². The Hall–Kier alpha value is -1.36. The van der Waals surface area contributed by atoms with Crippen LogP contribution in [0.2, 0.25) is 18.1 Å². The van der Waals surface area contributed by atoms with E-state index >= 15 is 0 Å². The molecule has 106 valence electrons. The van der Waals surface area contributed by atoms with Crippen LogP contribution < -0.4 is 9.16 Å². The van der Waals surface area contributed by atoms with Crippen molar-refractivity contribution in [2.75, 3.05) is 7.11 Å². The van der Waals surface area contributed by atoms with Crippen LogP contribution >= 0.6 is 0 Å². The largest absolute Gasteiger partial charge is 0.541 e. The van der Waals surface area contributed by atoms with Crippen LogP contribution in [0.5, 0.6) is 11.5 Å². The smallest absolute Gasteiger partial charge is 0.250 e. The summed E-state index contributed by atoms with van der Waals surface area (Å²) >= 11 is 0. The fourth-order valence-corrected chi connectivity index (χ4v) is 2.34. The molecule has 0 N–H and O–H groups in total. The maximum atomic E-state index is 14.1. The Labute approximate surface area is 114 Å². The maximum absolute atomic E-state index is 14.1. The van der Waals surface area contributed by atoms with Crippen molar-refractivity contribution in [3.63, 3.8) is 0 Å². The molecule has 0 fully saturated rings. The fourth-order valence-electron chi connectivity index (χ4n) is 1.31. The summed E-state index contributed by atoms with van der Waals surface area (Å²) in [6, 6.07) is 2.72. The maximum Gasteiger partial charge on any atom is 0.250 e. The van der Waals surface area contributed by atoms with Gasteiger partial charge in [0.25, 0.3) is 8.32 Å². The number of benzene rings is 1. The molecular weight excluding hydrogens is 263 g/mol. The summed E-state index contributed by atoms with van der Waals surface area (Å²) in [6.07, 6.45) is 0.591. The highest BCUT2D eigenvalue weighted by molar-refractivity contribution is 6.74. The minimum Gasteiger partial charge on any atom is -0.541 e. The second kappa shape index (κ2) is 5.33. The number of methoxy groups -OCH3 is 1. The molecule has 0 saturated carbocycles. The Morgan fingerprint density at radius 2 is 1.84 bits per heavy atom. The van der Waals surface area contributed by atoms with Gasteiger partial charge in [-0.25, -0.2) is 4.39 Å². The Kier molecular flexibility index (Phi) is 4.40. The number of rotatable bonds is 4. The SMILES string of the molecule is COc1cc(F)c(O[Si](C)(C)C(C)(C)C)c(C=O)c1. The van der Waals surface area contributed by atoms with Crippen LogP contribution in [0.15, 0.2) is 12.1 Å². The van der Waals surface area contributed by atoms with Gasteiger partial charge in [0.05, 0.1) is 12.7 Å². The molecule has 1 rings (SSSR count). The second-order valence-electron chi connectivity index (χ2n) is 6.01. The van der Waals surface area contributed by atoms with E-state index in [0.29, 0.717) is 12.0 Å². The molecule has 5 heteroatoms. The first kappa shape index (κ1) is 15.7. The third-order valence-electron chi connectivity index (χ3n) is 3.57. The molecule has 0 aliphatic carbocycles. The van der Waals surface area contributed by atoms with Gasteiger partial charge in [0.1, 0.15) is 5.75 Å². The van der Waals surface area contributed by atoms with Crippen molar-refractivity contribution in [3.8, 4) is 11.5 Å². The average molecular weight is 284 g/mol. The predicted molar refractivity (Wildman–Crippen MR) is 76.2 cm³/mol. The molecule has 1 aromatic carbocycles. The summed E-state index contributed by atoms with van der Waals surface area (Å²) in [5.74, 6) is -0.226. The van der Waals surface area contributed by atoms with Crippen LogP contribution in [0.25, 0.3) is 0 Å². The van der Waals surface area contributed by atoms with E-state index in [1.807, 2.05) is 13.1 Å². The summed E-state index contributed by atoms with van der Waals surface area (Å²) in [5, 5.41) is -0.0699. The molecule has 0 aliphatic rings. The average Bonchev–Trinajstić information content (AvgIpc) is 2.29. The van der Waals surface area contributed by atoms with E-state index in [4.69, 9.17) is 9.16 Å². The molecule has 0 aromatic heterocycles. The molecule has 0 atom stereocenters. The van der Waals surface area contributed by atoms with Gasteiger partial charge in [0.2, 0.25) is 0 Å². The molecule has 0 saturated heterocycles. The number of carbonyl (C=O) groups is 1. The summed E-state index contributed by atoms with van der Waals surface area (Å²) in [7, 11) is -0.764. The minimum absolute atomic E-state index is 0.0300. The number of aldehydes is 1. The van der Waals surface area contributed by atoms with E-state index in [0.717, 1.165) is 0 Å². The van der Waals surface area contributed by atoms with E-state index in [1.165, 1.54) is 19.2 Å². The van der Waals surface area contributed by atoms with Crippen LogP contribution in [0.1, 0.15) is 31.1 Å². The Morgan fingerprint density at radius 3 is 2.26 bits per heavy atom. The van der Waals surface area contributed by atoms with Crippen molar-refractivity contribution in [3.05, 3.63) is 23.5 Å². The molecule has 3 nitrogen and oxygen atoms in total. The summed E-state index contributed by atoms with van der Waals surface area (Å²) < 4.78 is 24.9. The standard InChI is InChI=1S/C14H21FO3Si/c1-14(2,3)19(5,6)18-13-10(9-16)7-11(17-4)8-12(13)15/h7-9H,1-6H3. The molecule has 0 aliphatic heterocycles. The summed E-state index contributed by atoms with van der Waals surface area (Å²) in [5.41, 5.74) is 0.182. The van der Waals surface area contributed by atoms with E-state index in [1.54, 1.807) is 0 Å². The lowest BCUT2D eigenvalue weighted by atomic mass is 10.2. The third kappa shape index (κ3) is 3.35. The first-order chi connectivity index (χ1) is 8.62. The van der Waals surface area contributed by atoms with Crippen molar-refractivity contribution in [1.29, 1.82) is 0 Å². The van der Waals surface area contributed by atoms with Gasteiger partial charge in [-0.3, -0.25) is 4.79 Å². The molecule has 0 unspecified atom stereocenters. The van der Waals surface area contributed by atoms with E-state index in [9.17, 15) is 9.18 Å². The van der Waals surface area contributed by atoms with Gasteiger partial charge in [0.15, 0.2) is 17.9 Å². The van der Waals surface area contributed by atoms with Crippen molar-refractivity contribution in [1.82, 2.24) is 0 Å². The van der Waals surface area contributed by atoms with Crippen LogP contribution in [-0.2, 0) is 0 Å². The zero-order valence-corrected chi connectivity index (χ0v) is 13.3. The number of carbonyl (C=O) groups excluding carboxylic acids is 1. The van der Waals surface area contributed by atoms with Gasteiger partial charge in [-0.15, -0.1) is 0 Å². The van der Waals surface area contributed by atoms with Crippen LogP contribution in [0.3, 0.4) is 0 Å². The van der Waals surface area contributed by atoms with Crippen LogP contribution in [0, 0.1) is 5.82 Å². The molecule has 0 spiro atoms. The Bertz CT molecular complexity index is 478. The fraction of sp³-hybridized carbons (Fsp3) is 0.500. The number of hydrogen-bond acceptors (Lipinski definition) is 3. The lowest BCUT2D eigenvalue weighted by Gasteiger charge is -2.36. The first-order valence-electron chi connectivity index (χ1n) is 6.14. The molecule has 19 heavy (non-hydrogen) atoms. The molecule has 0 radical (unpaired) electrons. The first-order valence-corrected chi connectivity index (χ1v) is 9.05. The van der Waals surface area contributed by atoms with Crippen molar-refractivity contribution in [2.45, 2.75) is 38.9 Å². The third-order valence-corrected chi connectivity index (χ3v) is 7.90. The van der Waals surface area contributed by atoms with E-state index < -0.39 is 14.1 Å². The topological polar surface area (TPSA) is 35.5 Å². The minimum atomic E-state index is -2.19.